The molecule has 0 aromatic heterocycles. The minimum Gasteiger partial charge on any atom is -0.478 e. The van der Waals surface area contributed by atoms with E-state index in [9.17, 15) is 74.7 Å². The summed E-state index contributed by atoms with van der Waals surface area (Å²) in [6.45, 7) is 0. The van der Waals surface area contributed by atoms with Crippen LogP contribution in [0.1, 0.15) is 41.4 Å². The molecule has 198 valence electrons. The third-order valence-electron chi connectivity index (χ3n) is 5.10. The number of hydrogen-bond donors (Lipinski definition) is 4. The number of halogens is 8. The van der Waals surface area contributed by atoms with E-state index in [1.54, 1.807) is 0 Å². The molecule has 0 bridgehead atoms. The molecule has 3 rings (SSSR count). The van der Waals surface area contributed by atoms with Gasteiger partial charge in [-0.25, -0.2) is 54.3 Å². The van der Waals surface area contributed by atoms with Gasteiger partial charge in [0.1, 0.15) is 0 Å². The number of rotatable bonds is 6. The molecule has 0 aliphatic carbocycles. The highest BCUT2D eigenvalue weighted by Gasteiger charge is 2.40. The van der Waals surface area contributed by atoms with Crippen LogP contribution in [0.5, 0.6) is 0 Å². The number of carboxylic acid groups (broad SMARTS) is 4. The van der Waals surface area contributed by atoms with Crippen LogP contribution in [0, 0.1) is 46.5 Å². The fourth-order valence-electron chi connectivity index (χ4n) is 3.65. The van der Waals surface area contributed by atoms with Gasteiger partial charge in [-0.3, -0.25) is 0 Å². The molecule has 0 aliphatic rings. The van der Waals surface area contributed by atoms with Crippen molar-refractivity contribution in [1.82, 2.24) is 0 Å². The fourth-order valence-corrected chi connectivity index (χ4v) is 3.65. The van der Waals surface area contributed by atoms with Gasteiger partial charge in [-0.1, -0.05) is 0 Å². The lowest BCUT2D eigenvalue weighted by Gasteiger charge is -2.21. The number of hydrogen-bond acceptors (Lipinski definition) is 4. The predicted octanol–water partition coefficient (Wildman–Crippen LogP) is 4.93. The molecule has 38 heavy (non-hydrogen) atoms. The van der Waals surface area contributed by atoms with Gasteiger partial charge in [0.15, 0.2) is 46.5 Å². The molecule has 8 nitrogen and oxygen atoms in total. The maximum Gasteiger partial charge on any atom is 0.337 e. The Morgan fingerprint density at radius 3 is 0.868 bits per heavy atom. The Kier molecular flexibility index (Phi) is 6.86. The number of benzene rings is 3. The quantitative estimate of drug-likeness (QED) is 0.192. The van der Waals surface area contributed by atoms with Crippen LogP contribution in [0.3, 0.4) is 0 Å². The molecule has 0 fully saturated rings. The zero-order chi connectivity index (χ0) is 29.0. The molecule has 0 radical (unpaired) electrons. The summed E-state index contributed by atoms with van der Waals surface area (Å²) in [4.78, 5) is 48.4. The van der Waals surface area contributed by atoms with Crippen LogP contribution < -0.4 is 0 Å². The molecule has 0 aliphatic heterocycles. The van der Waals surface area contributed by atoms with Crippen LogP contribution >= 0.6 is 0 Å². The van der Waals surface area contributed by atoms with Crippen LogP contribution in [0.2, 0.25) is 0 Å². The maximum absolute atomic E-state index is 14.7. The fraction of sp³-hybridized carbons (Fsp3) is 0. The second-order valence-corrected chi connectivity index (χ2v) is 7.17. The Morgan fingerprint density at radius 1 is 0.421 bits per heavy atom. The minimum absolute atomic E-state index is 0.323. The molecular weight excluding hydrogens is 544 g/mol. The van der Waals surface area contributed by atoms with Gasteiger partial charge in [-0.15, -0.1) is 0 Å². The van der Waals surface area contributed by atoms with Crippen molar-refractivity contribution < 1.29 is 74.7 Å². The summed E-state index contributed by atoms with van der Waals surface area (Å²) in [6, 6.07) is -0.645. The first-order valence-electron chi connectivity index (χ1n) is 9.38. The van der Waals surface area contributed by atoms with Crippen LogP contribution in [0.4, 0.5) is 35.1 Å². The second-order valence-electron chi connectivity index (χ2n) is 7.17. The molecule has 0 atom stereocenters. The van der Waals surface area contributed by atoms with Gasteiger partial charge in [-0.05, 0) is 12.1 Å². The Balaban J connectivity index is 2.85. The van der Waals surface area contributed by atoms with E-state index in [1.165, 1.54) is 0 Å². The van der Waals surface area contributed by atoms with E-state index in [0.717, 1.165) is 0 Å². The number of carboxylic acids is 4. The first kappa shape index (κ1) is 27.6. The van der Waals surface area contributed by atoms with Gasteiger partial charge in [0, 0.05) is 22.3 Å². The molecular formula is C22H6F8O8. The summed E-state index contributed by atoms with van der Waals surface area (Å²) in [7, 11) is 0. The normalized spacial score (nSPS) is 10.9. The minimum atomic E-state index is -2.65. The summed E-state index contributed by atoms with van der Waals surface area (Å²) in [6.07, 6.45) is 0. The molecule has 0 amide bonds. The Labute approximate surface area is 202 Å². The van der Waals surface area contributed by atoms with Crippen LogP contribution in [0.15, 0.2) is 12.1 Å². The van der Waals surface area contributed by atoms with E-state index < -0.39 is 115 Å². The SMILES string of the molecule is O=C(O)c1c(C(=O)O)c(-c2cc(F)c(F)c(F)c2F)c(C(=O)O)c(C(=O)O)c1-c1cc(F)c(F)c(F)c1F. The molecule has 4 N–H and O–H groups in total. The molecule has 0 saturated carbocycles. The highest BCUT2D eigenvalue weighted by molar-refractivity contribution is 6.21. The Morgan fingerprint density at radius 2 is 0.658 bits per heavy atom. The first-order chi connectivity index (χ1) is 17.5. The molecule has 0 saturated heterocycles. The average molecular weight is 550 g/mol. The Hall–Kier alpha value is -5.02. The van der Waals surface area contributed by atoms with Crippen LogP contribution in [0.25, 0.3) is 22.3 Å². The van der Waals surface area contributed by atoms with Gasteiger partial charge < -0.3 is 20.4 Å². The summed E-state index contributed by atoms with van der Waals surface area (Å²) in [5, 5.41) is 38.7. The van der Waals surface area contributed by atoms with Crippen LogP contribution in [-0.2, 0) is 0 Å². The van der Waals surface area contributed by atoms with Gasteiger partial charge in [0.2, 0.25) is 0 Å². The summed E-state index contributed by atoms with van der Waals surface area (Å²) in [5.41, 5.74) is -15.2. The lowest BCUT2D eigenvalue weighted by molar-refractivity contribution is 0.0639. The van der Waals surface area contributed by atoms with E-state index in [-0.39, 0.29) is 12.1 Å². The monoisotopic (exact) mass is 550 g/mol. The summed E-state index contributed by atoms with van der Waals surface area (Å²) >= 11 is 0. The number of aromatic carboxylic acids is 4. The third kappa shape index (κ3) is 4.04. The standard InChI is InChI=1S/C22H6F8O8/c23-5-1-3(13(25)17(29)15(5)27)7-9(19(31)32)11(21(35)36)8(12(22(37)38)10(7)20(33)34)4-2-6(24)16(28)18(30)14(4)26/h1-2H,(H,31,32)(H,33,34)(H,35,36)(H,37,38). The van der Waals surface area contributed by atoms with Crippen molar-refractivity contribution in [3.63, 3.8) is 0 Å². The van der Waals surface area contributed by atoms with Crippen molar-refractivity contribution in [2.24, 2.45) is 0 Å². The van der Waals surface area contributed by atoms with E-state index in [2.05, 4.69) is 0 Å². The van der Waals surface area contributed by atoms with E-state index >= 15 is 0 Å². The van der Waals surface area contributed by atoms with Crippen molar-refractivity contribution in [3.05, 3.63) is 80.9 Å². The van der Waals surface area contributed by atoms with E-state index in [4.69, 9.17) is 0 Å². The maximum atomic E-state index is 14.7. The molecule has 16 heteroatoms. The van der Waals surface area contributed by atoms with Crippen molar-refractivity contribution in [3.8, 4) is 22.3 Å². The highest BCUT2D eigenvalue weighted by atomic mass is 19.2. The van der Waals surface area contributed by atoms with Crippen molar-refractivity contribution >= 4 is 23.9 Å². The van der Waals surface area contributed by atoms with Crippen LogP contribution in [-0.4, -0.2) is 44.3 Å². The summed E-state index contributed by atoms with van der Waals surface area (Å²) < 4.78 is 112. The zero-order valence-corrected chi connectivity index (χ0v) is 17.6. The highest BCUT2D eigenvalue weighted by Crippen LogP contribution is 2.44. The van der Waals surface area contributed by atoms with Gasteiger partial charge in [-0.2, -0.15) is 0 Å². The van der Waals surface area contributed by atoms with Crippen molar-refractivity contribution in [2.45, 2.75) is 0 Å². The topological polar surface area (TPSA) is 149 Å². The van der Waals surface area contributed by atoms with Crippen molar-refractivity contribution in [1.29, 1.82) is 0 Å². The summed E-state index contributed by atoms with van der Waals surface area (Å²) in [5.74, 6) is -30.1. The smallest absolute Gasteiger partial charge is 0.337 e. The van der Waals surface area contributed by atoms with E-state index in [1.807, 2.05) is 0 Å². The van der Waals surface area contributed by atoms with Gasteiger partial charge >= 0.3 is 23.9 Å². The third-order valence-corrected chi connectivity index (χ3v) is 5.10. The predicted molar refractivity (Wildman–Crippen MR) is 105 cm³/mol. The largest absolute Gasteiger partial charge is 0.478 e. The molecule has 3 aromatic rings. The Bertz CT molecular complexity index is 1440. The zero-order valence-electron chi connectivity index (χ0n) is 17.6. The van der Waals surface area contributed by atoms with Crippen molar-refractivity contribution in [2.75, 3.05) is 0 Å². The van der Waals surface area contributed by atoms with Gasteiger partial charge in [0.05, 0.1) is 22.3 Å². The van der Waals surface area contributed by atoms with E-state index in [0.29, 0.717) is 0 Å². The average Bonchev–Trinajstić information content (AvgIpc) is 2.83. The second kappa shape index (κ2) is 9.45. The molecule has 0 spiro atoms. The lowest BCUT2D eigenvalue weighted by atomic mass is 9.80. The number of carbonyl (C=O) groups is 4. The molecule has 0 heterocycles. The first-order valence-corrected chi connectivity index (χ1v) is 9.38. The van der Waals surface area contributed by atoms with Gasteiger partial charge in [0.25, 0.3) is 0 Å². The lowest BCUT2D eigenvalue weighted by Crippen LogP contribution is -2.22. The molecule has 0 unspecified atom stereocenters. The molecule has 3 aromatic carbocycles.